The van der Waals surface area contributed by atoms with Crippen LogP contribution in [-0.4, -0.2) is 12.5 Å². The van der Waals surface area contributed by atoms with Gasteiger partial charge in [0.05, 0.1) is 12.0 Å². The van der Waals surface area contributed by atoms with Gasteiger partial charge in [0.1, 0.15) is 5.75 Å². The molecule has 0 fully saturated rings. The van der Waals surface area contributed by atoms with Gasteiger partial charge in [0.15, 0.2) is 0 Å². The Balaban J connectivity index is 1.82. The lowest BCUT2D eigenvalue weighted by Gasteiger charge is -2.33. The molecule has 0 spiro atoms. The maximum absolute atomic E-state index is 14.0. The Hall–Kier alpha value is -3.59. The SMILES string of the molecule is CCOc1ccc(NC(=O)C(CC)(c2ccccc2)c2ccccc2)c2ccccc12. The normalized spacial score (nSPS) is 11.3. The molecule has 0 bridgehead atoms. The van der Waals surface area contributed by atoms with Crippen LogP contribution in [0.5, 0.6) is 5.75 Å². The van der Waals surface area contributed by atoms with Gasteiger partial charge in [0.2, 0.25) is 5.91 Å². The van der Waals surface area contributed by atoms with Gasteiger partial charge in [0, 0.05) is 16.5 Å². The fourth-order valence-electron chi connectivity index (χ4n) is 4.33. The van der Waals surface area contributed by atoms with E-state index in [2.05, 4.69) is 12.2 Å². The van der Waals surface area contributed by atoms with E-state index in [9.17, 15) is 4.79 Å². The maximum atomic E-state index is 14.0. The monoisotopic (exact) mass is 409 g/mol. The number of carbonyl (C=O) groups is 1. The summed E-state index contributed by atoms with van der Waals surface area (Å²) in [5, 5.41) is 5.20. The van der Waals surface area contributed by atoms with Crippen LogP contribution >= 0.6 is 0 Å². The van der Waals surface area contributed by atoms with Crippen molar-refractivity contribution < 1.29 is 9.53 Å². The van der Waals surface area contributed by atoms with Gasteiger partial charge in [0.25, 0.3) is 0 Å². The van der Waals surface area contributed by atoms with Crippen molar-refractivity contribution in [2.75, 3.05) is 11.9 Å². The molecule has 1 N–H and O–H groups in total. The van der Waals surface area contributed by atoms with Crippen LogP contribution in [0, 0.1) is 0 Å². The zero-order valence-corrected chi connectivity index (χ0v) is 18.0. The van der Waals surface area contributed by atoms with Crippen LogP contribution in [0.2, 0.25) is 0 Å². The van der Waals surface area contributed by atoms with Gasteiger partial charge in [-0.05, 0) is 36.6 Å². The summed E-state index contributed by atoms with van der Waals surface area (Å²) in [6, 6.07) is 31.9. The summed E-state index contributed by atoms with van der Waals surface area (Å²) in [4.78, 5) is 14.0. The molecule has 0 atom stereocenters. The number of hydrogen-bond acceptors (Lipinski definition) is 2. The summed E-state index contributed by atoms with van der Waals surface area (Å²) in [5.74, 6) is 0.783. The number of benzene rings is 4. The number of rotatable bonds is 7. The van der Waals surface area contributed by atoms with Crippen molar-refractivity contribution in [1.82, 2.24) is 0 Å². The Morgan fingerprint density at radius 3 is 1.84 bits per heavy atom. The molecule has 0 radical (unpaired) electrons. The number of carbonyl (C=O) groups excluding carboxylic acids is 1. The van der Waals surface area contributed by atoms with Crippen LogP contribution in [-0.2, 0) is 10.2 Å². The standard InChI is InChI=1S/C28H27NO2/c1-3-28(21-13-7-5-8-14-21,22-15-9-6-10-16-22)27(30)29-25-19-20-26(31-4-2)24-18-12-11-17-23(24)25/h5-20H,3-4H2,1-2H3,(H,29,30). The lowest BCUT2D eigenvalue weighted by Crippen LogP contribution is -2.41. The molecule has 0 aromatic heterocycles. The first kappa shape index (κ1) is 20.7. The van der Waals surface area contributed by atoms with Gasteiger partial charge in [-0.1, -0.05) is 91.9 Å². The van der Waals surface area contributed by atoms with Crippen molar-refractivity contribution in [1.29, 1.82) is 0 Å². The van der Waals surface area contributed by atoms with E-state index >= 15 is 0 Å². The van der Waals surface area contributed by atoms with Gasteiger partial charge in [-0.15, -0.1) is 0 Å². The molecule has 31 heavy (non-hydrogen) atoms. The molecule has 3 nitrogen and oxygen atoms in total. The molecule has 0 aliphatic heterocycles. The third-order valence-electron chi connectivity index (χ3n) is 5.88. The van der Waals surface area contributed by atoms with E-state index in [1.807, 2.05) is 104 Å². The highest BCUT2D eigenvalue weighted by Crippen LogP contribution is 2.38. The minimum absolute atomic E-state index is 0.0401. The van der Waals surface area contributed by atoms with Gasteiger partial charge < -0.3 is 10.1 Å². The second kappa shape index (κ2) is 9.05. The lowest BCUT2D eigenvalue weighted by atomic mass is 9.71. The number of anilines is 1. The Bertz CT molecular complexity index is 1130. The van der Waals surface area contributed by atoms with E-state index in [0.717, 1.165) is 33.3 Å². The van der Waals surface area contributed by atoms with E-state index in [4.69, 9.17) is 4.74 Å². The predicted molar refractivity (Wildman–Crippen MR) is 128 cm³/mol. The van der Waals surface area contributed by atoms with E-state index in [1.54, 1.807) is 0 Å². The van der Waals surface area contributed by atoms with E-state index < -0.39 is 5.41 Å². The quantitative estimate of drug-likeness (QED) is 0.375. The Labute approximate surface area is 183 Å². The topological polar surface area (TPSA) is 38.3 Å². The van der Waals surface area contributed by atoms with Crippen LogP contribution in [0.25, 0.3) is 10.8 Å². The van der Waals surface area contributed by atoms with Crippen LogP contribution in [0.4, 0.5) is 5.69 Å². The molecule has 0 saturated carbocycles. The molecule has 3 heteroatoms. The molecule has 156 valence electrons. The molecule has 4 aromatic rings. The predicted octanol–water partition coefficient (Wildman–Crippen LogP) is 6.57. The molecular weight excluding hydrogens is 382 g/mol. The summed E-state index contributed by atoms with van der Waals surface area (Å²) < 4.78 is 5.79. The van der Waals surface area contributed by atoms with Gasteiger partial charge in [-0.3, -0.25) is 4.79 Å². The number of amides is 1. The average molecular weight is 410 g/mol. The fraction of sp³-hybridized carbons (Fsp3) is 0.179. The summed E-state index contributed by atoms with van der Waals surface area (Å²) in [7, 11) is 0. The van der Waals surface area contributed by atoms with Crippen molar-refractivity contribution >= 4 is 22.4 Å². The van der Waals surface area contributed by atoms with Gasteiger partial charge >= 0.3 is 0 Å². The Kier molecular flexibility index (Phi) is 6.03. The third-order valence-corrected chi connectivity index (χ3v) is 5.88. The molecule has 0 unspecified atom stereocenters. The largest absolute Gasteiger partial charge is 0.493 e. The second-order valence-electron chi connectivity index (χ2n) is 7.53. The first-order chi connectivity index (χ1) is 15.2. The van der Waals surface area contributed by atoms with Crippen molar-refractivity contribution in [2.24, 2.45) is 0 Å². The Morgan fingerprint density at radius 2 is 1.29 bits per heavy atom. The maximum Gasteiger partial charge on any atom is 0.239 e. The smallest absolute Gasteiger partial charge is 0.239 e. The second-order valence-corrected chi connectivity index (χ2v) is 7.53. The summed E-state index contributed by atoms with van der Waals surface area (Å²) in [6.07, 6.45) is 0.641. The molecular formula is C28H27NO2. The van der Waals surface area contributed by atoms with E-state index in [0.29, 0.717) is 13.0 Å². The summed E-state index contributed by atoms with van der Waals surface area (Å²) in [5.41, 5.74) is 1.96. The molecule has 0 aliphatic rings. The highest BCUT2D eigenvalue weighted by atomic mass is 16.5. The third kappa shape index (κ3) is 3.79. The molecule has 0 saturated heterocycles. The first-order valence-corrected chi connectivity index (χ1v) is 10.8. The van der Waals surface area contributed by atoms with Crippen LogP contribution in [0.3, 0.4) is 0 Å². The van der Waals surface area contributed by atoms with Crippen LogP contribution < -0.4 is 10.1 Å². The Morgan fingerprint density at radius 1 is 0.742 bits per heavy atom. The number of hydrogen-bond donors (Lipinski definition) is 1. The van der Waals surface area contributed by atoms with Crippen molar-refractivity contribution in [3.05, 3.63) is 108 Å². The highest BCUT2D eigenvalue weighted by molar-refractivity contribution is 6.08. The van der Waals surface area contributed by atoms with Crippen molar-refractivity contribution in [3.63, 3.8) is 0 Å². The minimum Gasteiger partial charge on any atom is -0.493 e. The van der Waals surface area contributed by atoms with Crippen LogP contribution in [0.15, 0.2) is 97.1 Å². The number of fused-ring (bicyclic) bond motifs is 1. The van der Waals surface area contributed by atoms with Gasteiger partial charge in [-0.25, -0.2) is 0 Å². The van der Waals surface area contributed by atoms with Crippen molar-refractivity contribution in [2.45, 2.75) is 25.7 Å². The lowest BCUT2D eigenvalue weighted by molar-refractivity contribution is -0.120. The zero-order valence-electron chi connectivity index (χ0n) is 18.0. The number of nitrogens with one attached hydrogen (secondary N) is 1. The van der Waals surface area contributed by atoms with Crippen molar-refractivity contribution in [3.8, 4) is 5.75 Å². The van der Waals surface area contributed by atoms with Gasteiger partial charge in [-0.2, -0.15) is 0 Å². The van der Waals surface area contributed by atoms with E-state index in [1.165, 1.54) is 0 Å². The average Bonchev–Trinajstić information content (AvgIpc) is 2.83. The fourth-order valence-corrected chi connectivity index (χ4v) is 4.33. The minimum atomic E-state index is -0.789. The summed E-state index contributed by atoms with van der Waals surface area (Å²) >= 11 is 0. The molecule has 4 rings (SSSR count). The first-order valence-electron chi connectivity index (χ1n) is 10.8. The summed E-state index contributed by atoms with van der Waals surface area (Å²) in [6.45, 7) is 4.63. The van der Waals surface area contributed by atoms with Crippen LogP contribution in [0.1, 0.15) is 31.4 Å². The van der Waals surface area contributed by atoms with E-state index in [-0.39, 0.29) is 5.91 Å². The molecule has 0 aliphatic carbocycles. The molecule has 0 heterocycles. The zero-order chi connectivity index (χ0) is 21.7. The highest BCUT2D eigenvalue weighted by Gasteiger charge is 2.40. The molecule has 4 aromatic carbocycles. The molecule has 1 amide bonds. The number of ether oxygens (including phenoxy) is 1.